The van der Waals surface area contributed by atoms with E-state index in [-0.39, 0.29) is 11.6 Å². The first-order chi connectivity index (χ1) is 16.1. The lowest BCUT2D eigenvalue weighted by atomic mass is 10.0. The van der Waals surface area contributed by atoms with Crippen LogP contribution in [0.1, 0.15) is 48.7 Å². The van der Waals surface area contributed by atoms with Crippen LogP contribution in [0.2, 0.25) is 0 Å². The van der Waals surface area contributed by atoms with Gasteiger partial charge in [-0.15, -0.1) is 0 Å². The van der Waals surface area contributed by atoms with Gasteiger partial charge in [-0.05, 0) is 68.1 Å². The maximum Gasteiger partial charge on any atom is 0.278 e. The molecular weight excluding hydrogens is 418 g/mol. The molecule has 1 fully saturated rings. The van der Waals surface area contributed by atoms with Crippen LogP contribution in [-0.2, 0) is 13.0 Å². The Morgan fingerprint density at radius 1 is 1.18 bits per heavy atom. The second-order valence-corrected chi connectivity index (χ2v) is 8.76. The zero-order chi connectivity index (χ0) is 22.5. The van der Waals surface area contributed by atoms with E-state index >= 15 is 0 Å². The van der Waals surface area contributed by atoms with Crippen LogP contribution in [0, 0.1) is 0 Å². The molecule has 0 amide bonds. The third-order valence-corrected chi connectivity index (χ3v) is 6.27. The lowest BCUT2D eigenvalue weighted by Gasteiger charge is -2.18. The second kappa shape index (κ2) is 7.79. The Kier molecular flexibility index (Phi) is 4.74. The molecule has 3 aromatic heterocycles. The molecule has 6 rings (SSSR count). The number of aliphatic hydroxyl groups excluding tert-OH is 1. The molecule has 4 aromatic rings. The number of anilines is 2. The predicted molar refractivity (Wildman–Crippen MR) is 125 cm³/mol. The summed E-state index contributed by atoms with van der Waals surface area (Å²) >= 11 is 0. The minimum atomic E-state index is -0.709. The SMILES string of the molecule is CC(O)c1cccc(-n2c3nc(Nc4ccc5c(c4)CCNC5)ncc3c(=O)n2C2CC2)n1. The van der Waals surface area contributed by atoms with Crippen molar-refractivity contribution in [2.24, 2.45) is 0 Å². The number of nitrogens with one attached hydrogen (secondary N) is 2. The number of aromatic nitrogens is 5. The minimum Gasteiger partial charge on any atom is -0.387 e. The van der Waals surface area contributed by atoms with Gasteiger partial charge in [0, 0.05) is 18.4 Å². The Bertz CT molecular complexity index is 1420. The summed E-state index contributed by atoms with van der Waals surface area (Å²) in [7, 11) is 0. The molecule has 9 nitrogen and oxygen atoms in total. The number of pyridine rings is 1. The van der Waals surface area contributed by atoms with Crippen LogP contribution in [0.5, 0.6) is 0 Å². The first kappa shape index (κ1) is 20.1. The van der Waals surface area contributed by atoms with Crippen LogP contribution < -0.4 is 16.2 Å². The highest BCUT2D eigenvalue weighted by atomic mass is 16.3. The van der Waals surface area contributed by atoms with E-state index in [0.717, 1.165) is 38.0 Å². The fraction of sp³-hybridized carbons (Fsp3) is 0.333. The van der Waals surface area contributed by atoms with E-state index in [4.69, 9.17) is 4.98 Å². The van der Waals surface area contributed by atoms with Gasteiger partial charge in [-0.25, -0.2) is 19.3 Å². The number of benzene rings is 1. The van der Waals surface area contributed by atoms with E-state index in [0.29, 0.717) is 28.5 Å². The maximum absolute atomic E-state index is 13.2. The molecule has 168 valence electrons. The third kappa shape index (κ3) is 3.59. The molecule has 9 heteroatoms. The van der Waals surface area contributed by atoms with Crippen molar-refractivity contribution in [3.05, 3.63) is 69.8 Å². The minimum absolute atomic E-state index is 0.120. The van der Waals surface area contributed by atoms with Gasteiger partial charge < -0.3 is 15.7 Å². The Morgan fingerprint density at radius 2 is 2.06 bits per heavy atom. The summed E-state index contributed by atoms with van der Waals surface area (Å²) < 4.78 is 3.50. The smallest absolute Gasteiger partial charge is 0.278 e. The highest BCUT2D eigenvalue weighted by molar-refractivity contribution is 5.77. The summed E-state index contributed by atoms with van der Waals surface area (Å²) in [5.74, 6) is 0.975. The molecule has 3 N–H and O–H groups in total. The van der Waals surface area contributed by atoms with Gasteiger partial charge in [-0.2, -0.15) is 4.98 Å². The Morgan fingerprint density at radius 3 is 2.88 bits per heavy atom. The average molecular weight is 444 g/mol. The molecule has 1 aliphatic carbocycles. The van der Waals surface area contributed by atoms with Gasteiger partial charge in [-0.3, -0.25) is 4.79 Å². The first-order valence-corrected chi connectivity index (χ1v) is 11.3. The van der Waals surface area contributed by atoms with Gasteiger partial charge in [0.05, 0.1) is 17.8 Å². The van der Waals surface area contributed by atoms with E-state index < -0.39 is 6.10 Å². The van der Waals surface area contributed by atoms with Crippen molar-refractivity contribution in [3.8, 4) is 5.82 Å². The molecule has 0 bridgehead atoms. The van der Waals surface area contributed by atoms with Gasteiger partial charge >= 0.3 is 0 Å². The van der Waals surface area contributed by atoms with Crippen LogP contribution in [0.4, 0.5) is 11.6 Å². The van der Waals surface area contributed by atoms with E-state index in [1.54, 1.807) is 28.6 Å². The fourth-order valence-corrected chi connectivity index (χ4v) is 4.40. The van der Waals surface area contributed by atoms with E-state index in [9.17, 15) is 9.90 Å². The van der Waals surface area contributed by atoms with Crippen molar-refractivity contribution < 1.29 is 5.11 Å². The lowest BCUT2D eigenvalue weighted by molar-refractivity contribution is 0.194. The summed E-state index contributed by atoms with van der Waals surface area (Å²) in [6, 6.07) is 11.8. The highest BCUT2D eigenvalue weighted by Gasteiger charge is 2.31. The van der Waals surface area contributed by atoms with Crippen molar-refractivity contribution in [3.63, 3.8) is 0 Å². The molecule has 33 heavy (non-hydrogen) atoms. The van der Waals surface area contributed by atoms with Crippen molar-refractivity contribution in [2.75, 3.05) is 11.9 Å². The van der Waals surface area contributed by atoms with Gasteiger partial charge in [0.1, 0.15) is 5.39 Å². The third-order valence-electron chi connectivity index (χ3n) is 6.27. The molecule has 1 aliphatic heterocycles. The normalized spacial score (nSPS) is 16.5. The molecule has 1 atom stereocenters. The topological polar surface area (TPSA) is 110 Å². The number of nitrogens with zero attached hydrogens (tertiary/aromatic N) is 5. The number of hydrogen-bond donors (Lipinski definition) is 3. The van der Waals surface area contributed by atoms with Gasteiger partial charge in [0.25, 0.3) is 5.56 Å². The zero-order valence-electron chi connectivity index (χ0n) is 18.3. The molecule has 1 unspecified atom stereocenters. The average Bonchev–Trinajstić information content (AvgIpc) is 3.63. The molecule has 0 saturated heterocycles. The summed E-state index contributed by atoms with van der Waals surface area (Å²) in [6.07, 6.45) is 3.74. The zero-order valence-corrected chi connectivity index (χ0v) is 18.3. The standard InChI is InChI=1S/C24H25N7O2/c1-14(32)20-3-2-4-21(28-20)31-22-19(23(33)30(31)18-7-8-18)13-26-24(29-22)27-17-6-5-16-12-25-10-9-15(16)11-17/h2-6,11,13-14,18,25,32H,7-10,12H2,1H3,(H,26,27,29). The summed E-state index contributed by atoms with van der Waals surface area (Å²) in [4.78, 5) is 27.0. The first-order valence-electron chi connectivity index (χ1n) is 11.3. The fourth-order valence-electron chi connectivity index (χ4n) is 4.40. The largest absolute Gasteiger partial charge is 0.387 e. The quantitative estimate of drug-likeness (QED) is 0.435. The Labute approximate surface area is 190 Å². The van der Waals surface area contributed by atoms with Crippen LogP contribution in [0.15, 0.2) is 47.4 Å². The number of fused-ring (bicyclic) bond motifs is 2. The van der Waals surface area contributed by atoms with Crippen LogP contribution in [0.25, 0.3) is 16.9 Å². The Hall–Kier alpha value is -3.56. The molecule has 1 aromatic carbocycles. The highest BCUT2D eigenvalue weighted by Crippen LogP contribution is 2.35. The number of rotatable bonds is 5. The van der Waals surface area contributed by atoms with Crippen molar-refractivity contribution >= 4 is 22.7 Å². The van der Waals surface area contributed by atoms with Crippen molar-refractivity contribution in [1.29, 1.82) is 0 Å². The summed E-state index contributed by atoms with van der Waals surface area (Å²) in [5, 5.41) is 17.2. The summed E-state index contributed by atoms with van der Waals surface area (Å²) in [6.45, 7) is 3.53. The van der Waals surface area contributed by atoms with Crippen molar-refractivity contribution in [2.45, 2.75) is 44.9 Å². The van der Waals surface area contributed by atoms with Crippen LogP contribution >= 0.6 is 0 Å². The summed E-state index contributed by atoms with van der Waals surface area (Å²) in [5.41, 5.74) is 4.46. The van der Waals surface area contributed by atoms with E-state index in [1.165, 1.54) is 11.1 Å². The molecular formula is C24H25N7O2. The van der Waals surface area contributed by atoms with Crippen molar-refractivity contribution in [1.82, 2.24) is 29.6 Å². The molecule has 0 spiro atoms. The number of aliphatic hydroxyl groups is 1. The molecule has 1 saturated carbocycles. The second-order valence-electron chi connectivity index (χ2n) is 8.76. The van der Waals surface area contributed by atoms with Gasteiger partial charge in [0.2, 0.25) is 5.95 Å². The van der Waals surface area contributed by atoms with Crippen LogP contribution in [0.3, 0.4) is 0 Å². The molecule has 2 aliphatic rings. The van der Waals surface area contributed by atoms with Gasteiger partial charge in [-0.1, -0.05) is 12.1 Å². The Balaban J connectivity index is 1.46. The van der Waals surface area contributed by atoms with Gasteiger partial charge in [0.15, 0.2) is 11.5 Å². The lowest BCUT2D eigenvalue weighted by Crippen LogP contribution is -2.23. The number of hydrogen-bond acceptors (Lipinski definition) is 7. The van der Waals surface area contributed by atoms with E-state index in [2.05, 4.69) is 32.7 Å². The van der Waals surface area contributed by atoms with Crippen LogP contribution in [-0.4, -0.2) is 36.0 Å². The maximum atomic E-state index is 13.2. The van der Waals surface area contributed by atoms with E-state index in [1.807, 2.05) is 18.2 Å². The predicted octanol–water partition coefficient (Wildman–Crippen LogP) is 2.75. The molecule has 0 radical (unpaired) electrons. The molecule has 4 heterocycles. The monoisotopic (exact) mass is 443 g/mol.